The number of amides is 2. The predicted molar refractivity (Wildman–Crippen MR) is 136 cm³/mol. The number of benzene rings is 2. The third kappa shape index (κ3) is 4.51. The number of hydrogen-bond acceptors (Lipinski definition) is 4. The number of β-amino-alcohol motifs (C(OH)–C–C–N with tert-alkyl or cyclic N) is 1. The monoisotopic (exact) mass is 494 g/mol. The van der Waals surface area contributed by atoms with Crippen molar-refractivity contribution in [3.8, 4) is 0 Å². The van der Waals surface area contributed by atoms with E-state index in [-0.39, 0.29) is 16.9 Å². The van der Waals surface area contributed by atoms with Crippen LogP contribution in [0.4, 0.5) is 21.5 Å². The van der Waals surface area contributed by atoms with Crippen LogP contribution >= 0.6 is 12.2 Å². The third-order valence-electron chi connectivity index (χ3n) is 6.57. The second-order valence-electron chi connectivity index (χ2n) is 9.48. The minimum Gasteiger partial charge on any atom is -0.389 e. The lowest BCUT2D eigenvalue weighted by Crippen LogP contribution is -2.53. The van der Waals surface area contributed by atoms with Crippen LogP contribution in [-0.2, 0) is 16.0 Å². The first-order chi connectivity index (χ1) is 16.5. The van der Waals surface area contributed by atoms with E-state index in [1.165, 1.54) is 11.0 Å². The van der Waals surface area contributed by atoms with Crippen molar-refractivity contribution in [1.29, 1.82) is 0 Å². The van der Waals surface area contributed by atoms with Crippen molar-refractivity contribution in [2.24, 2.45) is 0 Å². The molecule has 9 heteroatoms. The van der Waals surface area contributed by atoms with E-state index in [0.717, 1.165) is 5.56 Å². The molecule has 0 aliphatic carbocycles. The van der Waals surface area contributed by atoms with Gasteiger partial charge in [0.2, 0.25) is 5.91 Å². The smallest absolute Gasteiger partial charge is 0.259 e. The molecule has 2 aromatic rings. The molecule has 35 heavy (non-hydrogen) atoms. The van der Waals surface area contributed by atoms with Crippen molar-refractivity contribution >= 4 is 46.2 Å². The summed E-state index contributed by atoms with van der Waals surface area (Å²) in [6, 6.07) is 9.89. The van der Waals surface area contributed by atoms with Gasteiger partial charge < -0.3 is 14.9 Å². The van der Waals surface area contributed by atoms with Gasteiger partial charge in [0.1, 0.15) is 11.4 Å². The molecule has 0 aromatic heterocycles. The molecule has 0 saturated carbocycles. The average molecular weight is 495 g/mol. The Morgan fingerprint density at radius 1 is 1.23 bits per heavy atom. The molecule has 2 saturated heterocycles. The molecule has 182 valence electrons. The Balaban J connectivity index is 1.50. The Labute approximate surface area is 209 Å². The van der Waals surface area contributed by atoms with Crippen LogP contribution in [0.25, 0.3) is 4.85 Å². The highest BCUT2D eigenvalue weighted by Crippen LogP contribution is 2.38. The number of anilines is 2. The van der Waals surface area contributed by atoms with Crippen LogP contribution in [0, 0.1) is 19.3 Å². The van der Waals surface area contributed by atoms with E-state index in [0.29, 0.717) is 55.0 Å². The number of aliphatic hydroxyl groups excluding tert-OH is 1. The maximum Gasteiger partial charge on any atom is 0.259 e. The molecular formula is C26H27FN4O3S. The number of aryl methyl sites for hydroxylation is 2. The van der Waals surface area contributed by atoms with E-state index in [2.05, 4.69) is 4.85 Å². The van der Waals surface area contributed by atoms with Gasteiger partial charge in [-0.3, -0.25) is 14.5 Å². The molecule has 2 aliphatic heterocycles. The molecule has 0 radical (unpaired) electrons. The summed E-state index contributed by atoms with van der Waals surface area (Å²) in [7, 11) is 0. The number of likely N-dealkylation sites (tertiary alicyclic amines) is 1. The Morgan fingerprint density at radius 2 is 1.91 bits per heavy atom. The van der Waals surface area contributed by atoms with Crippen LogP contribution in [0.5, 0.6) is 0 Å². The van der Waals surface area contributed by atoms with Gasteiger partial charge in [-0.15, -0.1) is 0 Å². The zero-order valence-corrected chi connectivity index (χ0v) is 20.7. The van der Waals surface area contributed by atoms with Gasteiger partial charge in [-0.2, -0.15) is 0 Å². The summed E-state index contributed by atoms with van der Waals surface area (Å²) in [4.78, 5) is 33.5. The molecule has 4 rings (SSSR count). The number of hydrogen-bond donors (Lipinski definition) is 1. The molecule has 2 fully saturated rings. The number of rotatable bonds is 6. The summed E-state index contributed by atoms with van der Waals surface area (Å²) in [5.74, 6) is -0.692. The summed E-state index contributed by atoms with van der Waals surface area (Å²) < 4.78 is 15.0. The van der Waals surface area contributed by atoms with Crippen molar-refractivity contribution in [2.75, 3.05) is 22.9 Å². The number of carbonyl (C=O) groups is 2. The van der Waals surface area contributed by atoms with E-state index in [1.807, 2.05) is 0 Å². The van der Waals surface area contributed by atoms with Crippen LogP contribution in [0.1, 0.15) is 37.8 Å². The molecule has 0 bridgehead atoms. The molecule has 1 N–H and O–H groups in total. The first kappa shape index (κ1) is 24.8. The van der Waals surface area contributed by atoms with Crippen molar-refractivity contribution in [1.82, 2.24) is 4.90 Å². The molecular weight excluding hydrogens is 467 g/mol. The summed E-state index contributed by atoms with van der Waals surface area (Å²) >= 11 is 5.67. The van der Waals surface area contributed by atoms with Gasteiger partial charge in [0.15, 0.2) is 10.8 Å². The van der Waals surface area contributed by atoms with Gasteiger partial charge in [0, 0.05) is 30.9 Å². The number of thiocarbonyl (C=S) groups is 1. The van der Waals surface area contributed by atoms with E-state index in [4.69, 9.17) is 18.8 Å². The lowest BCUT2D eigenvalue weighted by molar-refractivity contribution is -0.141. The quantitative estimate of drug-likeness (QED) is 0.483. The fourth-order valence-electron chi connectivity index (χ4n) is 4.49. The Bertz CT molecular complexity index is 1250. The minimum absolute atomic E-state index is 0.0326. The SMILES string of the molecule is [C-]#[N+]c1ccc(N2C(=O)C(C)(C)N(c3ccc(CCCC(=O)N4CC(O)C4)c(F)c3)C2=S)cc1C. The first-order valence-corrected chi connectivity index (χ1v) is 11.9. The maximum atomic E-state index is 15.0. The van der Waals surface area contributed by atoms with Crippen LogP contribution in [0.15, 0.2) is 36.4 Å². The summed E-state index contributed by atoms with van der Waals surface area (Å²) in [6.07, 6.45) is 0.767. The number of aliphatic hydroxyl groups is 1. The number of carbonyl (C=O) groups excluding carboxylic acids is 2. The topological polar surface area (TPSA) is 68.5 Å². The Kier molecular flexibility index (Phi) is 6.62. The van der Waals surface area contributed by atoms with E-state index in [9.17, 15) is 14.7 Å². The fraction of sp³-hybridized carbons (Fsp3) is 0.385. The molecule has 0 atom stereocenters. The van der Waals surface area contributed by atoms with Crippen LogP contribution in [0.2, 0.25) is 0 Å². The van der Waals surface area contributed by atoms with Crippen molar-refractivity contribution in [3.63, 3.8) is 0 Å². The second kappa shape index (κ2) is 9.36. The Morgan fingerprint density at radius 3 is 2.51 bits per heavy atom. The van der Waals surface area contributed by atoms with Gasteiger partial charge in [0.25, 0.3) is 5.91 Å². The number of halogens is 1. The normalized spacial score (nSPS) is 17.5. The van der Waals surface area contributed by atoms with E-state index >= 15 is 4.39 Å². The second-order valence-corrected chi connectivity index (χ2v) is 9.85. The highest BCUT2D eigenvalue weighted by Gasteiger charge is 2.50. The zero-order valence-electron chi connectivity index (χ0n) is 19.9. The summed E-state index contributed by atoms with van der Waals surface area (Å²) in [5, 5.41) is 9.56. The van der Waals surface area contributed by atoms with Gasteiger partial charge >= 0.3 is 0 Å². The molecule has 0 unspecified atom stereocenters. The lowest BCUT2D eigenvalue weighted by Gasteiger charge is -2.35. The molecule has 2 aliphatic rings. The fourth-order valence-corrected chi connectivity index (χ4v) is 5.01. The van der Waals surface area contributed by atoms with Crippen LogP contribution in [0.3, 0.4) is 0 Å². The van der Waals surface area contributed by atoms with Gasteiger partial charge in [-0.05, 0) is 81.2 Å². The predicted octanol–water partition coefficient (Wildman–Crippen LogP) is 4.13. The molecule has 7 nitrogen and oxygen atoms in total. The zero-order chi connectivity index (χ0) is 25.5. The molecule has 2 heterocycles. The van der Waals surface area contributed by atoms with Crippen molar-refractivity contribution < 1.29 is 19.1 Å². The average Bonchev–Trinajstić information content (AvgIpc) is 2.96. The first-order valence-electron chi connectivity index (χ1n) is 11.5. The number of nitrogens with zero attached hydrogens (tertiary/aromatic N) is 4. The lowest BCUT2D eigenvalue weighted by atomic mass is 10.0. The Hall–Kier alpha value is -3.35. The van der Waals surface area contributed by atoms with Gasteiger partial charge in [-0.25, -0.2) is 9.24 Å². The molecule has 2 amide bonds. The van der Waals surface area contributed by atoms with Crippen molar-refractivity contribution in [3.05, 3.63) is 64.8 Å². The van der Waals surface area contributed by atoms with E-state index in [1.54, 1.807) is 60.9 Å². The highest BCUT2D eigenvalue weighted by atomic mass is 32.1. The van der Waals surface area contributed by atoms with Crippen LogP contribution in [-0.4, -0.2) is 51.7 Å². The molecule has 0 spiro atoms. The minimum atomic E-state index is -1.04. The van der Waals surface area contributed by atoms with Gasteiger partial charge in [0.05, 0.1) is 12.7 Å². The van der Waals surface area contributed by atoms with Crippen LogP contribution < -0.4 is 9.80 Å². The summed E-state index contributed by atoms with van der Waals surface area (Å²) in [5.41, 5.74) is 1.73. The van der Waals surface area contributed by atoms with Gasteiger partial charge in [-0.1, -0.05) is 12.1 Å². The third-order valence-corrected chi connectivity index (χ3v) is 6.94. The summed E-state index contributed by atoms with van der Waals surface area (Å²) in [6.45, 7) is 13.3. The largest absolute Gasteiger partial charge is 0.389 e. The standard InChI is InChI=1S/C26H27FN4O3S/c1-16-12-18(10-11-22(16)28-4)30-24(34)26(2,3)31(25(30)35)19-9-8-17(21(27)13-19)6-5-7-23(33)29-14-20(32)15-29/h8-13,20,32H,5-7,14-15H2,1-3H3. The maximum absolute atomic E-state index is 15.0. The highest BCUT2D eigenvalue weighted by molar-refractivity contribution is 7.81. The van der Waals surface area contributed by atoms with Crippen molar-refractivity contribution in [2.45, 2.75) is 51.7 Å². The van der Waals surface area contributed by atoms with E-state index < -0.39 is 17.5 Å². The molecule has 2 aromatic carbocycles.